The highest BCUT2D eigenvalue weighted by atomic mass is 35.5. The Hall–Kier alpha value is -1.10. The SMILES string of the molecule is CC(=O)NC1CCN(Cc2ccc(CN)cc2Cl)CC1. The summed E-state index contributed by atoms with van der Waals surface area (Å²) in [5.41, 5.74) is 7.80. The van der Waals surface area contributed by atoms with Gasteiger partial charge in [-0.25, -0.2) is 0 Å². The standard InChI is InChI=1S/C15H22ClN3O/c1-11(20)18-14-4-6-19(7-5-14)10-13-3-2-12(9-17)8-15(13)16/h2-3,8,14H,4-7,9-10,17H2,1H3,(H,18,20). The lowest BCUT2D eigenvalue weighted by atomic mass is 10.0. The van der Waals surface area contributed by atoms with E-state index in [1.807, 2.05) is 12.1 Å². The summed E-state index contributed by atoms with van der Waals surface area (Å²) < 4.78 is 0. The summed E-state index contributed by atoms with van der Waals surface area (Å²) in [6.45, 7) is 4.92. The van der Waals surface area contributed by atoms with Crippen molar-refractivity contribution >= 4 is 17.5 Å². The first-order valence-electron chi connectivity index (χ1n) is 7.05. The number of halogens is 1. The van der Waals surface area contributed by atoms with E-state index in [4.69, 9.17) is 17.3 Å². The molecule has 0 radical (unpaired) electrons. The molecule has 0 unspecified atom stereocenters. The largest absolute Gasteiger partial charge is 0.354 e. The first-order chi connectivity index (χ1) is 9.58. The second-order valence-electron chi connectivity index (χ2n) is 5.38. The Bertz CT molecular complexity index is 470. The molecule has 1 saturated heterocycles. The van der Waals surface area contributed by atoms with Crippen LogP contribution in [0.3, 0.4) is 0 Å². The molecule has 0 atom stereocenters. The van der Waals surface area contributed by atoms with Crippen LogP contribution < -0.4 is 11.1 Å². The quantitative estimate of drug-likeness (QED) is 0.892. The van der Waals surface area contributed by atoms with Gasteiger partial charge in [0.1, 0.15) is 0 Å². The highest BCUT2D eigenvalue weighted by Gasteiger charge is 2.20. The first-order valence-corrected chi connectivity index (χ1v) is 7.43. The summed E-state index contributed by atoms with van der Waals surface area (Å²) in [6.07, 6.45) is 2.00. The predicted molar refractivity (Wildman–Crippen MR) is 81.5 cm³/mol. The van der Waals surface area contributed by atoms with Crippen molar-refractivity contribution in [1.82, 2.24) is 10.2 Å². The van der Waals surface area contributed by atoms with Crippen LogP contribution >= 0.6 is 11.6 Å². The first kappa shape index (κ1) is 15.3. The number of carbonyl (C=O) groups is 1. The number of hydrogen-bond acceptors (Lipinski definition) is 3. The lowest BCUT2D eigenvalue weighted by Gasteiger charge is -2.32. The molecule has 110 valence electrons. The van der Waals surface area contributed by atoms with E-state index < -0.39 is 0 Å². The Kier molecular flexibility index (Phi) is 5.40. The van der Waals surface area contributed by atoms with Crippen LogP contribution in [0.4, 0.5) is 0 Å². The van der Waals surface area contributed by atoms with Crippen LogP contribution in [0.5, 0.6) is 0 Å². The van der Waals surface area contributed by atoms with Crippen molar-refractivity contribution in [2.45, 2.75) is 38.9 Å². The smallest absolute Gasteiger partial charge is 0.217 e. The Morgan fingerprint density at radius 2 is 2.15 bits per heavy atom. The topological polar surface area (TPSA) is 58.4 Å². The maximum atomic E-state index is 11.0. The molecule has 1 fully saturated rings. The molecule has 1 aromatic carbocycles. The van der Waals surface area contributed by atoms with Crippen molar-refractivity contribution in [2.75, 3.05) is 13.1 Å². The number of carbonyl (C=O) groups excluding carboxylic acids is 1. The maximum Gasteiger partial charge on any atom is 0.217 e. The average Bonchev–Trinajstić information content (AvgIpc) is 2.42. The van der Waals surface area contributed by atoms with E-state index in [0.717, 1.165) is 48.6 Å². The van der Waals surface area contributed by atoms with Gasteiger partial charge in [-0.05, 0) is 30.0 Å². The van der Waals surface area contributed by atoms with E-state index in [9.17, 15) is 4.79 Å². The molecule has 0 saturated carbocycles. The van der Waals surface area contributed by atoms with Crippen LogP contribution in [0.1, 0.15) is 30.9 Å². The Morgan fingerprint density at radius 3 is 2.70 bits per heavy atom. The third kappa shape index (κ3) is 4.20. The van der Waals surface area contributed by atoms with E-state index in [1.54, 1.807) is 6.92 Å². The van der Waals surface area contributed by atoms with Gasteiger partial charge in [0.25, 0.3) is 0 Å². The van der Waals surface area contributed by atoms with Gasteiger partial charge in [-0.1, -0.05) is 23.7 Å². The van der Waals surface area contributed by atoms with Gasteiger partial charge < -0.3 is 11.1 Å². The lowest BCUT2D eigenvalue weighted by Crippen LogP contribution is -2.43. The molecule has 1 amide bonds. The van der Waals surface area contributed by atoms with Crippen LogP contribution in [0, 0.1) is 0 Å². The molecule has 1 aliphatic rings. The van der Waals surface area contributed by atoms with E-state index in [0.29, 0.717) is 12.6 Å². The van der Waals surface area contributed by atoms with E-state index in [-0.39, 0.29) is 5.91 Å². The summed E-state index contributed by atoms with van der Waals surface area (Å²) in [7, 11) is 0. The maximum absolute atomic E-state index is 11.0. The number of nitrogens with one attached hydrogen (secondary N) is 1. The number of nitrogens with zero attached hydrogens (tertiary/aromatic N) is 1. The molecule has 1 aromatic rings. The molecule has 5 heteroatoms. The molecule has 0 aromatic heterocycles. The minimum Gasteiger partial charge on any atom is -0.354 e. The average molecular weight is 296 g/mol. The number of benzene rings is 1. The van der Waals surface area contributed by atoms with Gasteiger partial charge in [0.15, 0.2) is 0 Å². The van der Waals surface area contributed by atoms with Crippen LogP contribution in [0.25, 0.3) is 0 Å². The summed E-state index contributed by atoms with van der Waals surface area (Å²) in [5, 5.41) is 3.78. The number of amides is 1. The van der Waals surface area contributed by atoms with Crippen molar-refractivity contribution < 1.29 is 4.79 Å². The number of hydrogen-bond donors (Lipinski definition) is 2. The van der Waals surface area contributed by atoms with Gasteiger partial charge in [0, 0.05) is 44.2 Å². The van der Waals surface area contributed by atoms with Crippen LogP contribution in [0.15, 0.2) is 18.2 Å². The molecule has 2 rings (SSSR count). The van der Waals surface area contributed by atoms with Crippen LogP contribution in [0.2, 0.25) is 5.02 Å². The number of nitrogens with two attached hydrogens (primary N) is 1. The Balaban J connectivity index is 1.88. The molecular formula is C15H22ClN3O. The molecule has 20 heavy (non-hydrogen) atoms. The Morgan fingerprint density at radius 1 is 1.45 bits per heavy atom. The molecule has 0 bridgehead atoms. The van der Waals surface area contributed by atoms with Crippen LogP contribution in [-0.4, -0.2) is 29.9 Å². The predicted octanol–water partition coefficient (Wildman–Crippen LogP) is 1.90. The summed E-state index contributed by atoms with van der Waals surface area (Å²) in [4.78, 5) is 13.4. The monoisotopic (exact) mass is 295 g/mol. The molecule has 0 spiro atoms. The summed E-state index contributed by atoms with van der Waals surface area (Å²) >= 11 is 6.29. The molecule has 3 N–H and O–H groups in total. The second kappa shape index (κ2) is 7.07. The minimum absolute atomic E-state index is 0.0591. The van der Waals surface area contributed by atoms with Crippen molar-refractivity contribution in [3.63, 3.8) is 0 Å². The van der Waals surface area contributed by atoms with E-state index in [1.165, 1.54) is 0 Å². The van der Waals surface area contributed by atoms with Crippen LogP contribution in [-0.2, 0) is 17.9 Å². The zero-order valence-electron chi connectivity index (χ0n) is 11.9. The second-order valence-corrected chi connectivity index (χ2v) is 5.79. The van der Waals surface area contributed by atoms with Crippen molar-refractivity contribution in [2.24, 2.45) is 5.73 Å². The van der Waals surface area contributed by atoms with Gasteiger partial charge in [0.2, 0.25) is 5.91 Å². The zero-order chi connectivity index (χ0) is 14.5. The molecule has 1 heterocycles. The third-order valence-electron chi connectivity index (χ3n) is 3.74. The van der Waals surface area contributed by atoms with E-state index in [2.05, 4.69) is 16.3 Å². The van der Waals surface area contributed by atoms with Gasteiger partial charge in [0.05, 0.1) is 0 Å². The fourth-order valence-electron chi connectivity index (χ4n) is 2.61. The highest BCUT2D eigenvalue weighted by Crippen LogP contribution is 2.21. The Labute approximate surface area is 125 Å². The van der Waals surface area contributed by atoms with Crippen molar-refractivity contribution in [3.05, 3.63) is 34.3 Å². The third-order valence-corrected chi connectivity index (χ3v) is 4.09. The lowest BCUT2D eigenvalue weighted by molar-refractivity contribution is -0.119. The molecular weight excluding hydrogens is 274 g/mol. The highest BCUT2D eigenvalue weighted by molar-refractivity contribution is 6.31. The molecule has 0 aliphatic carbocycles. The number of rotatable bonds is 4. The fraction of sp³-hybridized carbons (Fsp3) is 0.533. The molecule has 4 nitrogen and oxygen atoms in total. The summed E-state index contributed by atoms with van der Waals surface area (Å²) in [5.74, 6) is 0.0591. The number of likely N-dealkylation sites (tertiary alicyclic amines) is 1. The zero-order valence-corrected chi connectivity index (χ0v) is 12.6. The van der Waals surface area contributed by atoms with Gasteiger partial charge >= 0.3 is 0 Å². The summed E-state index contributed by atoms with van der Waals surface area (Å²) in [6, 6.07) is 6.36. The van der Waals surface area contributed by atoms with E-state index >= 15 is 0 Å². The fourth-order valence-corrected chi connectivity index (χ4v) is 2.87. The van der Waals surface area contributed by atoms with Gasteiger partial charge in [-0.2, -0.15) is 0 Å². The number of piperidine rings is 1. The van der Waals surface area contributed by atoms with Gasteiger partial charge in [-0.3, -0.25) is 9.69 Å². The molecule has 1 aliphatic heterocycles. The normalized spacial score (nSPS) is 17.1. The van der Waals surface area contributed by atoms with Crippen molar-refractivity contribution in [1.29, 1.82) is 0 Å². The minimum atomic E-state index is 0.0591. The van der Waals surface area contributed by atoms with Crippen molar-refractivity contribution in [3.8, 4) is 0 Å². The van der Waals surface area contributed by atoms with Gasteiger partial charge in [-0.15, -0.1) is 0 Å².